The van der Waals surface area contributed by atoms with Gasteiger partial charge in [0, 0.05) is 24.8 Å². The second kappa shape index (κ2) is 4.79. The minimum absolute atomic E-state index is 0.220. The number of rotatable bonds is 4. The first-order chi connectivity index (χ1) is 6.95. The molecule has 0 spiro atoms. The number of nitrogens with zero attached hydrogens (tertiary/aromatic N) is 2. The van der Waals surface area contributed by atoms with E-state index < -0.39 is 0 Å². The molecule has 1 aromatic rings. The maximum Gasteiger partial charge on any atom is 0.0537 e. The van der Waals surface area contributed by atoms with Gasteiger partial charge in [0.15, 0.2) is 0 Å². The number of hydrogen-bond acceptors (Lipinski definition) is 2. The summed E-state index contributed by atoms with van der Waals surface area (Å²) in [5, 5.41) is 7.82. The van der Waals surface area contributed by atoms with E-state index in [-0.39, 0.29) is 5.41 Å². The van der Waals surface area contributed by atoms with Crippen molar-refractivity contribution < 1.29 is 0 Å². The molecular formula is C12H23N3. The molecule has 15 heavy (non-hydrogen) atoms. The quantitative estimate of drug-likeness (QED) is 0.825. The van der Waals surface area contributed by atoms with Crippen LogP contribution in [0.15, 0.2) is 12.4 Å². The van der Waals surface area contributed by atoms with Gasteiger partial charge in [-0.2, -0.15) is 5.10 Å². The minimum Gasteiger partial charge on any atom is -0.309 e. The van der Waals surface area contributed by atoms with Crippen molar-refractivity contribution in [3.63, 3.8) is 0 Å². The number of aromatic nitrogens is 2. The van der Waals surface area contributed by atoms with Crippen LogP contribution < -0.4 is 5.32 Å². The molecule has 1 unspecified atom stereocenters. The van der Waals surface area contributed by atoms with Crippen molar-refractivity contribution >= 4 is 0 Å². The summed E-state index contributed by atoms with van der Waals surface area (Å²) < 4.78 is 1.86. The monoisotopic (exact) mass is 209 g/mol. The van der Waals surface area contributed by atoms with Crippen molar-refractivity contribution in [2.45, 2.75) is 40.2 Å². The van der Waals surface area contributed by atoms with Gasteiger partial charge in [0.05, 0.1) is 6.20 Å². The van der Waals surface area contributed by atoms with Crippen LogP contribution in [0.2, 0.25) is 0 Å². The molecule has 0 aliphatic carbocycles. The first kappa shape index (κ1) is 12.2. The third kappa shape index (κ3) is 3.34. The molecule has 0 saturated heterocycles. The number of hydrogen-bond donors (Lipinski definition) is 1. The van der Waals surface area contributed by atoms with E-state index in [0.29, 0.717) is 6.04 Å². The van der Waals surface area contributed by atoms with Crippen molar-refractivity contribution in [3.8, 4) is 0 Å². The van der Waals surface area contributed by atoms with E-state index in [1.54, 1.807) is 0 Å². The summed E-state index contributed by atoms with van der Waals surface area (Å²) >= 11 is 0. The average Bonchev–Trinajstić information content (AvgIpc) is 2.50. The van der Waals surface area contributed by atoms with E-state index in [4.69, 9.17) is 0 Å². The molecule has 86 valence electrons. The van der Waals surface area contributed by atoms with Gasteiger partial charge in [0.25, 0.3) is 0 Å². The fourth-order valence-electron chi connectivity index (χ4n) is 1.80. The van der Waals surface area contributed by atoms with Crippen molar-refractivity contribution in [3.05, 3.63) is 18.0 Å². The van der Waals surface area contributed by atoms with Crippen molar-refractivity contribution in [1.82, 2.24) is 15.1 Å². The Balaban J connectivity index is 2.81. The lowest BCUT2D eigenvalue weighted by molar-refractivity contribution is 0.273. The van der Waals surface area contributed by atoms with Crippen LogP contribution in [0.4, 0.5) is 0 Å². The molecule has 1 atom stereocenters. The van der Waals surface area contributed by atoms with Crippen LogP contribution >= 0.6 is 0 Å². The third-order valence-electron chi connectivity index (χ3n) is 2.52. The second-order valence-corrected chi connectivity index (χ2v) is 5.20. The Kier molecular flexibility index (Phi) is 3.91. The Bertz CT molecular complexity index is 296. The molecule has 0 fully saturated rings. The average molecular weight is 209 g/mol. The van der Waals surface area contributed by atoms with E-state index in [0.717, 1.165) is 13.0 Å². The molecule has 0 radical (unpaired) electrons. The topological polar surface area (TPSA) is 29.9 Å². The lowest BCUT2D eigenvalue weighted by Gasteiger charge is -2.31. The summed E-state index contributed by atoms with van der Waals surface area (Å²) in [5.74, 6) is 0. The molecule has 0 aliphatic heterocycles. The van der Waals surface area contributed by atoms with Gasteiger partial charge in [-0.05, 0) is 18.4 Å². The summed E-state index contributed by atoms with van der Waals surface area (Å²) in [6.45, 7) is 10.0. The van der Waals surface area contributed by atoms with Gasteiger partial charge in [-0.15, -0.1) is 0 Å². The maximum atomic E-state index is 4.24. The van der Waals surface area contributed by atoms with Gasteiger partial charge in [0.1, 0.15) is 0 Å². The highest BCUT2D eigenvalue weighted by atomic mass is 15.2. The molecule has 3 heteroatoms. The Morgan fingerprint density at radius 3 is 2.53 bits per heavy atom. The zero-order chi connectivity index (χ0) is 11.5. The Labute approximate surface area is 92.9 Å². The predicted molar refractivity (Wildman–Crippen MR) is 63.7 cm³/mol. The zero-order valence-corrected chi connectivity index (χ0v) is 10.5. The minimum atomic E-state index is 0.220. The first-order valence-electron chi connectivity index (χ1n) is 5.67. The Morgan fingerprint density at radius 1 is 1.47 bits per heavy atom. The van der Waals surface area contributed by atoms with Crippen LogP contribution in [-0.2, 0) is 7.05 Å². The van der Waals surface area contributed by atoms with Crippen molar-refractivity contribution in [2.24, 2.45) is 12.5 Å². The summed E-state index contributed by atoms with van der Waals surface area (Å²) in [7, 11) is 1.96. The van der Waals surface area contributed by atoms with Gasteiger partial charge in [0.2, 0.25) is 0 Å². The van der Waals surface area contributed by atoms with Crippen LogP contribution in [0.3, 0.4) is 0 Å². The van der Waals surface area contributed by atoms with E-state index in [2.05, 4.69) is 44.3 Å². The molecule has 1 heterocycles. The van der Waals surface area contributed by atoms with E-state index in [1.165, 1.54) is 5.56 Å². The summed E-state index contributed by atoms with van der Waals surface area (Å²) in [4.78, 5) is 0. The predicted octanol–water partition coefficient (Wildman–Crippen LogP) is 2.51. The number of aryl methyl sites for hydroxylation is 1. The molecule has 1 N–H and O–H groups in total. The Hall–Kier alpha value is -0.830. The van der Waals surface area contributed by atoms with Crippen LogP contribution in [0.25, 0.3) is 0 Å². The number of nitrogens with one attached hydrogen (secondary N) is 1. The smallest absolute Gasteiger partial charge is 0.0537 e. The fourth-order valence-corrected chi connectivity index (χ4v) is 1.80. The summed E-state index contributed by atoms with van der Waals surface area (Å²) in [6, 6.07) is 0.381. The van der Waals surface area contributed by atoms with Gasteiger partial charge >= 0.3 is 0 Å². The SMILES string of the molecule is CCCNC(c1cnn(C)c1)C(C)(C)C. The van der Waals surface area contributed by atoms with Gasteiger partial charge in [-0.3, -0.25) is 4.68 Å². The molecule has 0 amide bonds. The van der Waals surface area contributed by atoms with Crippen LogP contribution in [0, 0.1) is 5.41 Å². The van der Waals surface area contributed by atoms with E-state index >= 15 is 0 Å². The normalized spacial score (nSPS) is 14.2. The molecule has 0 aromatic carbocycles. The zero-order valence-electron chi connectivity index (χ0n) is 10.5. The van der Waals surface area contributed by atoms with Gasteiger partial charge in [-0.1, -0.05) is 27.7 Å². The lowest BCUT2D eigenvalue weighted by Crippen LogP contribution is -2.32. The molecule has 0 aliphatic rings. The first-order valence-corrected chi connectivity index (χ1v) is 5.67. The largest absolute Gasteiger partial charge is 0.309 e. The van der Waals surface area contributed by atoms with Crippen LogP contribution in [0.5, 0.6) is 0 Å². The molecule has 0 saturated carbocycles. The van der Waals surface area contributed by atoms with E-state index in [1.807, 2.05) is 17.9 Å². The molecule has 1 rings (SSSR count). The standard InChI is InChI=1S/C12H23N3/c1-6-7-13-11(12(2,3)4)10-8-14-15(5)9-10/h8-9,11,13H,6-7H2,1-5H3. The highest BCUT2D eigenvalue weighted by molar-refractivity contribution is 5.13. The lowest BCUT2D eigenvalue weighted by atomic mass is 9.83. The van der Waals surface area contributed by atoms with Gasteiger partial charge in [-0.25, -0.2) is 0 Å². The van der Waals surface area contributed by atoms with Crippen LogP contribution in [0.1, 0.15) is 45.7 Å². The third-order valence-corrected chi connectivity index (χ3v) is 2.52. The second-order valence-electron chi connectivity index (χ2n) is 5.20. The summed E-state index contributed by atoms with van der Waals surface area (Å²) in [6.07, 6.45) is 5.21. The Morgan fingerprint density at radius 2 is 2.13 bits per heavy atom. The van der Waals surface area contributed by atoms with Crippen molar-refractivity contribution in [2.75, 3.05) is 6.54 Å². The molecular weight excluding hydrogens is 186 g/mol. The van der Waals surface area contributed by atoms with Crippen LogP contribution in [-0.4, -0.2) is 16.3 Å². The van der Waals surface area contributed by atoms with E-state index in [9.17, 15) is 0 Å². The fraction of sp³-hybridized carbons (Fsp3) is 0.750. The molecule has 1 aromatic heterocycles. The molecule has 3 nitrogen and oxygen atoms in total. The van der Waals surface area contributed by atoms with Crippen molar-refractivity contribution in [1.29, 1.82) is 0 Å². The molecule has 0 bridgehead atoms. The highest BCUT2D eigenvalue weighted by Gasteiger charge is 2.26. The summed E-state index contributed by atoms with van der Waals surface area (Å²) in [5.41, 5.74) is 1.50. The van der Waals surface area contributed by atoms with Gasteiger partial charge < -0.3 is 5.32 Å². The maximum absolute atomic E-state index is 4.24. The highest BCUT2D eigenvalue weighted by Crippen LogP contribution is 2.32.